The first kappa shape index (κ1) is 12.6. The fourth-order valence-electron chi connectivity index (χ4n) is 2.30. The van der Waals surface area contributed by atoms with Crippen molar-refractivity contribution in [2.45, 2.75) is 32.4 Å². The average Bonchev–Trinajstić information content (AvgIpc) is 2.69. The molecule has 0 N–H and O–H groups in total. The van der Waals surface area contributed by atoms with Crippen molar-refractivity contribution >= 4 is 11.9 Å². The SMILES string of the molecule is CC(=O)O[C@@H]1CC(=O)N([C@H](C)c2ccccc2)C1. The van der Waals surface area contributed by atoms with Crippen molar-refractivity contribution in [1.82, 2.24) is 4.90 Å². The molecule has 1 heterocycles. The van der Waals surface area contributed by atoms with Gasteiger partial charge in [-0.05, 0) is 12.5 Å². The van der Waals surface area contributed by atoms with Crippen LogP contribution in [0.3, 0.4) is 0 Å². The molecule has 0 aromatic heterocycles. The Morgan fingerprint density at radius 3 is 2.67 bits per heavy atom. The highest BCUT2D eigenvalue weighted by Crippen LogP contribution is 2.26. The normalized spacial score (nSPS) is 20.9. The Bertz CT molecular complexity index is 444. The summed E-state index contributed by atoms with van der Waals surface area (Å²) in [5, 5.41) is 0. The Hall–Kier alpha value is -1.84. The van der Waals surface area contributed by atoms with E-state index in [1.54, 1.807) is 4.90 Å². The van der Waals surface area contributed by atoms with E-state index in [1.807, 2.05) is 37.3 Å². The summed E-state index contributed by atoms with van der Waals surface area (Å²) in [6.45, 7) is 3.84. The molecule has 4 heteroatoms. The zero-order valence-corrected chi connectivity index (χ0v) is 10.6. The second-order valence-electron chi connectivity index (χ2n) is 4.57. The number of ether oxygens (including phenoxy) is 1. The molecule has 1 aliphatic rings. The minimum atomic E-state index is -0.331. The van der Waals surface area contributed by atoms with Gasteiger partial charge < -0.3 is 9.64 Å². The van der Waals surface area contributed by atoms with Crippen LogP contribution in [-0.4, -0.2) is 29.4 Å². The maximum atomic E-state index is 11.9. The van der Waals surface area contributed by atoms with Crippen LogP contribution < -0.4 is 0 Å². The van der Waals surface area contributed by atoms with Crippen molar-refractivity contribution in [3.05, 3.63) is 35.9 Å². The molecule has 2 atom stereocenters. The number of rotatable bonds is 3. The quantitative estimate of drug-likeness (QED) is 0.766. The number of nitrogens with zero attached hydrogens (tertiary/aromatic N) is 1. The first-order valence-electron chi connectivity index (χ1n) is 6.09. The number of carbonyl (C=O) groups excluding carboxylic acids is 2. The second kappa shape index (κ2) is 5.21. The van der Waals surface area contributed by atoms with E-state index >= 15 is 0 Å². The minimum Gasteiger partial charge on any atom is -0.460 e. The van der Waals surface area contributed by atoms with Gasteiger partial charge in [0.15, 0.2) is 0 Å². The Morgan fingerprint density at radius 2 is 2.06 bits per heavy atom. The molecule has 18 heavy (non-hydrogen) atoms. The molecule has 2 rings (SSSR count). The number of benzene rings is 1. The summed E-state index contributed by atoms with van der Waals surface area (Å²) >= 11 is 0. The monoisotopic (exact) mass is 247 g/mol. The van der Waals surface area contributed by atoms with Crippen molar-refractivity contribution in [3.8, 4) is 0 Å². The van der Waals surface area contributed by atoms with Crippen LogP contribution in [0.1, 0.15) is 31.9 Å². The van der Waals surface area contributed by atoms with E-state index in [1.165, 1.54) is 6.92 Å². The molecule has 0 saturated carbocycles. The van der Waals surface area contributed by atoms with Crippen LogP contribution in [0.2, 0.25) is 0 Å². The Kier molecular flexibility index (Phi) is 3.65. The highest BCUT2D eigenvalue weighted by Gasteiger charge is 2.34. The Labute approximate surface area is 107 Å². The molecular weight excluding hydrogens is 230 g/mol. The van der Waals surface area contributed by atoms with Crippen LogP contribution in [-0.2, 0) is 14.3 Å². The van der Waals surface area contributed by atoms with Crippen molar-refractivity contribution < 1.29 is 14.3 Å². The Morgan fingerprint density at radius 1 is 1.39 bits per heavy atom. The maximum absolute atomic E-state index is 11.9. The summed E-state index contributed by atoms with van der Waals surface area (Å²) in [5.74, 6) is -0.292. The molecule has 96 valence electrons. The molecule has 0 aliphatic carbocycles. The van der Waals surface area contributed by atoms with E-state index in [0.717, 1.165) is 5.56 Å². The van der Waals surface area contributed by atoms with Crippen molar-refractivity contribution in [3.63, 3.8) is 0 Å². The topological polar surface area (TPSA) is 46.6 Å². The van der Waals surface area contributed by atoms with Crippen LogP contribution >= 0.6 is 0 Å². The molecule has 1 fully saturated rings. The smallest absolute Gasteiger partial charge is 0.302 e. The summed E-state index contributed by atoms with van der Waals surface area (Å²) in [4.78, 5) is 24.6. The summed E-state index contributed by atoms with van der Waals surface area (Å²) in [6.07, 6.45) is -0.0160. The fourth-order valence-corrected chi connectivity index (χ4v) is 2.30. The van der Waals surface area contributed by atoms with Crippen LogP contribution in [0.4, 0.5) is 0 Å². The molecule has 0 spiro atoms. The number of likely N-dealkylation sites (tertiary alicyclic amines) is 1. The molecule has 1 amide bonds. The lowest BCUT2D eigenvalue weighted by Crippen LogP contribution is -2.29. The predicted octanol–water partition coefficient (Wildman–Crippen LogP) is 1.91. The molecule has 0 radical (unpaired) electrons. The van der Waals surface area contributed by atoms with Crippen molar-refractivity contribution in [1.29, 1.82) is 0 Å². The molecular formula is C14H17NO3. The van der Waals surface area contributed by atoms with Gasteiger partial charge in [0.05, 0.1) is 19.0 Å². The standard InChI is InChI=1S/C14H17NO3/c1-10(12-6-4-3-5-7-12)15-9-13(8-14(15)17)18-11(2)16/h3-7,10,13H,8-9H2,1-2H3/t10-,13-/m1/s1. The predicted molar refractivity (Wildman–Crippen MR) is 66.7 cm³/mol. The molecule has 4 nitrogen and oxygen atoms in total. The first-order valence-corrected chi connectivity index (χ1v) is 6.09. The third-order valence-electron chi connectivity index (χ3n) is 3.21. The maximum Gasteiger partial charge on any atom is 0.302 e. The number of amides is 1. The van der Waals surface area contributed by atoms with Crippen LogP contribution in [0.15, 0.2) is 30.3 Å². The van der Waals surface area contributed by atoms with E-state index in [9.17, 15) is 9.59 Å². The highest BCUT2D eigenvalue weighted by molar-refractivity contribution is 5.80. The lowest BCUT2D eigenvalue weighted by Gasteiger charge is -2.24. The van der Waals surface area contributed by atoms with Crippen LogP contribution in [0.5, 0.6) is 0 Å². The van der Waals surface area contributed by atoms with E-state index in [2.05, 4.69) is 0 Å². The fraction of sp³-hybridized carbons (Fsp3) is 0.429. The third kappa shape index (κ3) is 2.70. The molecule has 1 aromatic rings. The summed E-state index contributed by atoms with van der Waals surface area (Å²) in [6, 6.07) is 9.86. The zero-order chi connectivity index (χ0) is 13.1. The summed E-state index contributed by atoms with van der Waals surface area (Å²) in [5.41, 5.74) is 1.09. The lowest BCUT2D eigenvalue weighted by atomic mass is 10.1. The molecule has 1 saturated heterocycles. The van der Waals surface area contributed by atoms with Crippen molar-refractivity contribution in [2.75, 3.05) is 6.54 Å². The second-order valence-corrected chi connectivity index (χ2v) is 4.57. The van der Waals surface area contributed by atoms with Gasteiger partial charge in [0.2, 0.25) is 5.91 Å². The molecule has 0 unspecified atom stereocenters. The van der Waals surface area contributed by atoms with Gasteiger partial charge in [0.1, 0.15) is 6.10 Å². The number of carbonyl (C=O) groups is 2. The first-order chi connectivity index (χ1) is 8.58. The van der Waals surface area contributed by atoms with Crippen LogP contribution in [0.25, 0.3) is 0 Å². The zero-order valence-electron chi connectivity index (χ0n) is 10.6. The summed E-state index contributed by atoms with van der Waals surface area (Å²) in [7, 11) is 0. The molecule has 1 aliphatic heterocycles. The molecule has 0 bridgehead atoms. The number of esters is 1. The number of hydrogen-bond acceptors (Lipinski definition) is 3. The molecule has 1 aromatic carbocycles. The van der Waals surface area contributed by atoms with Crippen LogP contribution in [0, 0.1) is 0 Å². The van der Waals surface area contributed by atoms with Gasteiger partial charge >= 0.3 is 5.97 Å². The third-order valence-corrected chi connectivity index (χ3v) is 3.21. The van der Waals surface area contributed by atoms with Gasteiger partial charge in [-0.25, -0.2) is 0 Å². The van der Waals surface area contributed by atoms with E-state index in [-0.39, 0.29) is 30.4 Å². The average molecular weight is 247 g/mol. The largest absolute Gasteiger partial charge is 0.460 e. The Balaban J connectivity index is 2.06. The van der Waals surface area contributed by atoms with Gasteiger partial charge in [-0.2, -0.15) is 0 Å². The van der Waals surface area contributed by atoms with E-state index < -0.39 is 0 Å². The van der Waals surface area contributed by atoms with Gasteiger partial charge in [-0.15, -0.1) is 0 Å². The van der Waals surface area contributed by atoms with Gasteiger partial charge in [-0.1, -0.05) is 30.3 Å². The highest BCUT2D eigenvalue weighted by atomic mass is 16.5. The summed E-state index contributed by atoms with van der Waals surface area (Å²) < 4.78 is 5.10. The van der Waals surface area contributed by atoms with Gasteiger partial charge in [0.25, 0.3) is 0 Å². The van der Waals surface area contributed by atoms with E-state index in [0.29, 0.717) is 6.54 Å². The van der Waals surface area contributed by atoms with Gasteiger partial charge in [0, 0.05) is 6.92 Å². The van der Waals surface area contributed by atoms with Crippen molar-refractivity contribution in [2.24, 2.45) is 0 Å². The van der Waals surface area contributed by atoms with Gasteiger partial charge in [-0.3, -0.25) is 9.59 Å². The lowest BCUT2D eigenvalue weighted by molar-refractivity contribution is -0.145. The number of hydrogen-bond donors (Lipinski definition) is 0. The van der Waals surface area contributed by atoms with E-state index in [4.69, 9.17) is 4.74 Å². The minimum absolute atomic E-state index is 0.0132.